The predicted molar refractivity (Wildman–Crippen MR) is 57.2 cm³/mol. The molecule has 4 nitrogen and oxygen atoms in total. The quantitative estimate of drug-likeness (QED) is 0.660. The fourth-order valence-electron chi connectivity index (χ4n) is 0.997. The van der Waals surface area contributed by atoms with Gasteiger partial charge in [-0.3, -0.25) is 4.79 Å². The standard InChI is InChI=1S/C10H22N2O2/c1-7(2)12-10(13)6-11-8(3)9(4)14-5/h7-9,11H,6H2,1-5H3,(H,12,13). The molecular weight excluding hydrogens is 180 g/mol. The predicted octanol–water partition coefficient (Wildman–Crippen LogP) is 0.524. The molecule has 2 N–H and O–H groups in total. The van der Waals surface area contributed by atoms with Crippen LogP contribution in [0.5, 0.6) is 0 Å². The number of carbonyl (C=O) groups excluding carboxylic acids is 1. The summed E-state index contributed by atoms with van der Waals surface area (Å²) < 4.78 is 5.13. The minimum Gasteiger partial charge on any atom is -0.380 e. The fraction of sp³-hybridized carbons (Fsp3) is 0.900. The largest absolute Gasteiger partial charge is 0.380 e. The zero-order valence-corrected chi connectivity index (χ0v) is 9.76. The Balaban J connectivity index is 3.66. The number of methoxy groups -OCH3 is 1. The van der Waals surface area contributed by atoms with Crippen molar-refractivity contribution in [2.45, 2.75) is 45.9 Å². The second-order valence-electron chi connectivity index (χ2n) is 3.83. The molecule has 0 aliphatic rings. The van der Waals surface area contributed by atoms with E-state index in [0.29, 0.717) is 6.54 Å². The zero-order chi connectivity index (χ0) is 11.1. The molecule has 0 fully saturated rings. The van der Waals surface area contributed by atoms with Crippen LogP contribution in [-0.2, 0) is 9.53 Å². The molecule has 0 heterocycles. The highest BCUT2D eigenvalue weighted by Gasteiger charge is 2.11. The van der Waals surface area contributed by atoms with Crippen molar-refractivity contribution in [1.29, 1.82) is 0 Å². The Morgan fingerprint density at radius 2 is 1.86 bits per heavy atom. The van der Waals surface area contributed by atoms with Crippen LogP contribution in [0.2, 0.25) is 0 Å². The summed E-state index contributed by atoms with van der Waals surface area (Å²) >= 11 is 0. The van der Waals surface area contributed by atoms with Gasteiger partial charge in [0.05, 0.1) is 12.6 Å². The fourth-order valence-corrected chi connectivity index (χ4v) is 0.997. The third kappa shape index (κ3) is 5.94. The van der Waals surface area contributed by atoms with Crippen LogP contribution in [0.3, 0.4) is 0 Å². The molecule has 1 amide bonds. The molecule has 14 heavy (non-hydrogen) atoms. The van der Waals surface area contributed by atoms with Gasteiger partial charge in [0, 0.05) is 19.2 Å². The van der Waals surface area contributed by atoms with Gasteiger partial charge in [0.2, 0.25) is 5.91 Å². The molecule has 4 heteroatoms. The van der Waals surface area contributed by atoms with E-state index in [2.05, 4.69) is 10.6 Å². The van der Waals surface area contributed by atoms with Gasteiger partial charge in [0.1, 0.15) is 0 Å². The zero-order valence-electron chi connectivity index (χ0n) is 9.76. The maximum absolute atomic E-state index is 11.3. The van der Waals surface area contributed by atoms with Crippen LogP contribution >= 0.6 is 0 Å². The average molecular weight is 202 g/mol. The first-order valence-corrected chi connectivity index (χ1v) is 5.03. The van der Waals surface area contributed by atoms with Gasteiger partial charge >= 0.3 is 0 Å². The van der Waals surface area contributed by atoms with Crippen LogP contribution in [0.4, 0.5) is 0 Å². The van der Waals surface area contributed by atoms with Crippen molar-refractivity contribution in [2.75, 3.05) is 13.7 Å². The van der Waals surface area contributed by atoms with Crippen LogP contribution < -0.4 is 10.6 Å². The lowest BCUT2D eigenvalue weighted by Gasteiger charge is -2.19. The highest BCUT2D eigenvalue weighted by atomic mass is 16.5. The molecule has 0 bridgehead atoms. The Kier molecular flexibility index (Phi) is 6.49. The first-order chi connectivity index (χ1) is 6.47. The van der Waals surface area contributed by atoms with Crippen molar-refractivity contribution in [3.05, 3.63) is 0 Å². The lowest BCUT2D eigenvalue weighted by atomic mass is 10.2. The Morgan fingerprint density at radius 1 is 1.29 bits per heavy atom. The average Bonchev–Trinajstić information content (AvgIpc) is 2.11. The number of carbonyl (C=O) groups is 1. The molecule has 0 saturated carbocycles. The summed E-state index contributed by atoms with van der Waals surface area (Å²) in [7, 11) is 1.66. The second kappa shape index (κ2) is 6.79. The van der Waals surface area contributed by atoms with E-state index >= 15 is 0 Å². The first-order valence-electron chi connectivity index (χ1n) is 5.03. The van der Waals surface area contributed by atoms with Crippen LogP contribution in [0, 0.1) is 0 Å². The molecule has 0 aromatic heterocycles. The van der Waals surface area contributed by atoms with Gasteiger partial charge in [0.25, 0.3) is 0 Å². The third-order valence-electron chi connectivity index (χ3n) is 2.11. The highest BCUT2D eigenvalue weighted by Crippen LogP contribution is 1.94. The minimum atomic E-state index is 0.0233. The van der Waals surface area contributed by atoms with E-state index in [1.165, 1.54) is 0 Å². The van der Waals surface area contributed by atoms with Crippen LogP contribution in [0.15, 0.2) is 0 Å². The maximum Gasteiger partial charge on any atom is 0.234 e. The number of nitrogens with one attached hydrogen (secondary N) is 2. The van der Waals surface area contributed by atoms with Crippen molar-refractivity contribution in [2.24, 2.45) is 0 Å². The SMILES string of the molecule is COC(C)C(C)NCC(=O)NC(C)C. The monoisotopic (exact) mass is 202 g/mol. The smallest absolute Gasteiger partial charge is 0.234 e. The molecule has 0 spiro atoms. The molecule has 0 rings (SSSR count). The van der Waals surface area contributed by atoms with E-state index < -0.39 is 0 Å². The van der Waals surface area contributed by atoms with Crippen LogP contribution in [0.25, 0.3) is 0 Å². The summed E-state index contributed by atoms with van der Waals surface area (Å²) in [6.45, 7) is 8.19. The molecule has 2 unspecified atom stereocenters. The Hall–Kier alpha value is -0.610. The summed E-state index contributed by atoms with van der Waals surface area (Å²) in [6.07, 6.45) is 0.113. The normalized spacial score (nSPS) is 15.3. The topological polar surface area (TPSA) is 50.4 Å². The van der Waals surface area contributed by atoms with Gasteiger partial charge in [-0.15, -0.1) is 0 Å². The van der Waals surface area contributed by atoms with Gasteiger partial charge in [-0.05, 0) is 27.7 Å². The van der Waals surface area contributed by atoms with Crippen molar-refractivity contribution >= 4 is 5.91 Å². The third-order valence-corrected chi connectivity index (χ3v) is 2.11. The number of hydrogen-bond acceptors (Lipinski definition) is 3. The lowest BCUT2D eigenvalue weighted by Crippen LogP contribution is -2.44. The van der Waals surface area contributed by atoms with Crippen molar-refractivity contribution < 1.29 is 9.53 Å². The summed E-state index contributed by atoms with van der Waals surface area (Å²) in [5.74, 6) is 0.0233. The summed E-state index contributed by atoms with van der Waals surface area (Å²) in [4.78, 5) is 11.3. The molecule has 0 aromatic carbocycles. The molecule has 0 aliphatic carbocycles. The first kappa shape index (κ1) is 13.4. The maximum atomic E-state index is 11.3. The molecular formula is C10H22N2O2. The molecule has 0 aromatic rings. The van der Waals surface area contributed by atoms with Gasteiger partial charge in [-0.25, -0.2) is 0 Å². The van der Waals surface area contributed by atoms with Crippen LogP contribution in [-0.4, -0.2) is 37.7 Å². The van der Waals surface area contributed by atoms with Gasteiger partial charge in [0.15, 0.2) is 0 Å². The van der Waals surface area contributed by atoms with E-state index in [9.17, 15) is 4.79 Å². The molecule has 2 atom stereocenters. The summed E-state index contributed by atoms with van der Waals surface area (Å²) in [5, 5.41) is 5.91. The van der Waals surface area contributed by atoms with Crippen molar-refractivity contribution in [3.63, 3.8) is 0 Å². The molecule has 0 radical (unpaired) electrons. The van der Waals surface area contributed by atoms with Gasteiger partial charge in [-0.2, -0.15) is 0 Å². The number of rotatable bonds is 6. The highest BCUT2D eigenvalue weighted by molar-refractivity contribution is 5.78. The second-order valence-corrected chi connectivity index (χ2v) is 3.83. The number of ether oxygens (including phenoxy) is 1. The van der Waals surface area contributed by atoms with E-state index in [-0.39, 0.29) is 24.1 Å². The van der Waals surface area contributed by atoms with E-state index in [1.54, 1.807) is 7.11 Å². The van der Waals surface area contributed by atoms with Gasteiger partial charge in [-0.1, -0.05) is 0 Å². The lowest BCUT2D eigenvalue weighted by molar-refractivity contribution is -0.120. The van der Waals surface area contributed by atoms with Crippen molar-refractivity contribution in [3.8, 4) is 0 Å². The Morgan fingerprint density at radius 3 is 2.29 bits per heavy atom. The summed E-state index contributed by atoms with van der Waals surface area (Å²) in [6, 6.07) is 0.373. The molecule has 0 aliphatic heterocycles. The molecule has 84 valence electrons. The minimum absolute atomic E-state index is 0.0233. The van der Waals surface area contributed by atoms with Gasteiger partial charge < -0.3 is 15.4 Å². The van der Waals surface area contributed by atoms with Crippen LogP contribution in [0.1, 0.15) is 27.7 Å². The summed E-state index contributed by atoms with van der Waals surface area (Å²) in [5.41, 5.74) is 0. The van der Waals surface area contributed by atoms with Crippen molar-refractivity contribution in [1.82, 2.24) is 10.6 Å². The Labute approximate surface area is 86.4 Å². The number of amides is 1. The van der Waals surface area contributed by atoms with E-state index in [0.717, 1.165) is 0 Å². The number of hydrogen-bond donors (Lipinski definition) is 2. The van der Waals surface area contributed by atoms with E-state index in [4.69, 9.17) is 4.74 Å². The Bertz CT molecular complexity index is 172. The van der Waals surface area contributed by atoms with E-state index in [1.807, 2.05) is 27.7 Å². The molecule has 0 saturated heterocycles.